The molecular formula is C24H21NOP+. The highest BCUT2D eigenvalue weighted by Crippen LogP contribution is 2.53. The summed E-state index contributed by atoms with van der Waals surface area (Å²) in [6.07, 6.45) is 1.84. The Morgan fingerprint density at radius 3 is 1.48 bits per heavy atom. The summed E-state index contributed by atoms with van der Waals surface area (Å²) >= 11 is 0. The molecule has 4 rings (SSSR count). The fraction of sp³-hybridized carbons (Fsp3) is 0.0417. The van der Waals surface area contributed by atoms with Gasteiger partial charge in [-0.2, -0.15) is 0 Å². The smallest absolute Gasteiger partial charge is 0.201 e. The van der Waals surface area contributed by atoms with Crippen molar-refractivity contribution < 1.29 is 4.74 Å². The molecular weight excluding hydrogens is 349 g/mol. The van der Waals surface area contributed by atoms with Gasteiger partial charge < -0.3 is 4.74 Å². The SMILES string of the molecule is COc1ccnc([P+](c2ccccc2)(c2ccccc2)c2ccccc2)c1. The third-order valence-electron chi connectivity index (χ3n) is 4.73. The number of ether oxygens (including phenoxy) is 1. The van der Waals surface area contributed by atoms with E-state index in [1.54, 1.807) is 7.11 Å². The highest BCUT2D eigenvalue weighted by Gasteiger charge is 2.49. The van der Waals surface area contributed by atoms with Crippen LogP contribution in [0.1, 0.15) is 0 Å². The van der Waals surface area contributed by atoms with Crippen LogP contribution in [0.15, 0.2) is 109 Å². The minimum atomic E-state index is -2.14. The van der Waals surface area contributed by atoms with E-state index in [0.717, 1.165) is 11.2 Å². The van der Waals surface area contributed by atoms with Crippen LogP contribution in [-0.4, -0.2) is 12.1 Å². The Kier molecular flexibility index (Phi) is 5.00. The number of methoxy groups -OCH3 is 1. The van der Waals surface area contributed by atoms with Crippen molar-refractivity contribution in [2.75, 3.05) is 7.11 Å². The number of benzene rings is 3. The lowest BCUT2D eigenvalue weighted by molar-refractivity contribution is 0.414. The van der Waals surface area contributed by atoms with Crippen LogP contribution in [0.5, 0.6) is 5.75 Å². The monoisotopic (exact) mass is 370 g/mol. The van der Waals surface area contributed by atoms with Crippen LogP contribution in [0.4, 0.5) is 0 Å². The topological polar surface area (TPSA) is 22.1 Å². The fourth-order valence-corrected chi connectivity index (χ4v) is 7.62. The van der Waals surface area contributed by atoms with Gasteiger partial charge >= 0.3 is 0 Å². The van der Waals surface area contributed by atoms with Crippen molar-refractivity contribution in [1.82, 2.24) is 4.98 Å². The number of aromatic nitrogens is 1. The van der Waals surface area contributed by atoms with Gasteiger partial charge in [0.05, 0.1) is 7.11 Å². The predicted octanol–water partition coefficient (Wildman–Crippen LogP) is 3.71. The number of hydrogen-bond acceptors (Lipinski definition) is 2. The molecule has 0 bridgehead atoms. The van der Waals surface area contributed by atoms with E-state index in [0.29, 0.717) is 0 Å². The first-order valence-electron chi connectivity index (χ1n) is 8.92. The Balaban J connectivity index is 2.12. The van der Waals surface area contributed by atoms with Crippen molar-refractivity contribution in [3.8, 4) is 5.75 Å². The lowest BCUT2D eigenvalue weighted by Crippen LogP contribution is -2.39. The number of hydrogen-bond donors (Lipinski definition) is 0. The molecule has 0 aliphatic rings. The summed E-state index contributed by atoms with van der Waals surface area (Å²) < 4.78 is 5.54. The van der Waals surface area contributed by atoms with Gasteiger partial charge in [-0.15, -0.1) is 0 Å². The molecule has 0 saturated carbocycles. The maximum atomic E-state index is 5.54. The van der Waals surface area contributed by atoms with Crippen molar-refractivity contribution in [2.45, 2.75) is 0 Å². The van der Waals surface area contributed by atoms with Crippen LogP contribution in [0.25, 0.3) is 0 Å². The zero-order chi connectivity index (χ0) is 18.5. The van der Waals surface area contributed by atoms with Crippen LogP contribution >= 0.6 is 7.26 Å². The summed E-state index contributed by atoms with van der Waals surface area (Å²) in [5.41, 5.74) is 1.05. The summed E-state index contributed by atoms with van der Waals surface area (Å²) in [5.74, 6) is 0.826. The van der Waals surface area contributed by atoms with E-state index in [4.69, 9.17) is 9.72 Å². The first-order chi connectivity index (χ1) is 13.4. The maximum Gasteiger partial charge on any atom is 0.201 e. The molecule has 0 aliphatic heterocycles. The normalized spacial score (nSPS) is 11.1. The van der Waals surface area contributed by atoms with E-state index < -0.39 is 7.26 Å². The Bertz CT molecular complexity index is 907. The molecule has 0 amide bonds. The van der Waals surface area contributed by atoms with Crippen molar-refractivity contribution in [1.29, 1.82) is 0 Å². The second kappa shape index (κ2) is 7.73. The number of pyridine rings is 1. The van der Waals surface area contributed by atoms with Crippen molar-refractivity contribution >= 4 is 28.6 Å². The molecule has 1 aromatic heterocycles. The van der Waals surface area contributed by atoms with E-state index in [1.165, 1.54) is 15.9 Å². The van der Waals surface area contributed by atoms with E-state index in [-0.39, 0.29) is 0 Å². The van der Waals surface area contributed by atoms with E-state index in [1.807, 2.05) is 12.3 Å². The highest BCUT2D eigenvalue weighted by atomic mass is 31.2. The van der Waals surface area contributed by atoms with Crippen LogP contribution in [0, 0.1) is 0 Å². The lowest BCUT2D eigenvalue weighted by Gasteiger charge is -2.26. The third-order valence-corrected chi connectivity index (χ3v) is 8.88. The summed E-state index contributed by atoms with van der Waals surface area (Å²) in [4.78, 5) is 4.86. The van der Waals surface area contributed by atoms with Crippen LogP contribution in [0.3, 0.4) is 0 Å². The van der Waals surface area contributed by atoms with Crippen molar-refractivity contribution in [2.24, 2.45) is 0 Å². The average Bonchev–Trinajstić information content (AvgIpc) is 2.77. The Hall–Kier alpha value is -2.96. The molecule has 132 valence electrons. The van der Waals surface area contributed by atoms with Gasteiger partial charge in [0.15, 0.2) is 7.26 Å². The van der Waals surface area contributed by atoms with Crippen molar-refractivity contribution in [3.05, 3.63) is 109 Å². The van der Waals surface area contributed by atoms with E-state index in [2.05, 4.69) is 97.1 Å². The van der Waals surface area contributed by atoms with Gasteiger partial charge in [0.1, 0.15) is 21.7 Å². The van der Waals surface area contributed by atoms with Gasteiger partial charge in [0.25, 0.3) is 0 Å². The number of rotatable bonds is 5. The largest absolute Gasteiger partial charge is 0.496 e. The molecule has 27 heavy (non-hydrogen) atoms. The van der Waals surface area contributed by atoms with Gasteiger partial charge in [-0.3, -0.25) is 0 Å². The van der Waals surface area contributed by atoms with Crippen LogP contribution < -0.4 is 26.1 Å². The first kappa shape index (κ1) is 17.5. The minimum absolute atomic E-state index is 0.826. The van der Waals surface area contributed by atoms with E-state index in [9.17, 15) is 0 Å². The fourth-order valence-electron chi connectivity index (χ4n) is 3.51. The molecule has 1 heterocycles. The maximum absolute atomic E-state index is 5.54. The van der Waals surface area contributed by atoms with Gasteiger partial charge in [-0.05, 0) is 42.5 Å². The van der Waals surface area contributed by atoms with Gasteiger partial charge in [0.2, 0.25) is 5.44 Å². The zero-order valence-electron chi connectivity index (χ0n) is 15.2. The Labute approximate surface area is 160 Å². The Morgan fingerprint density at radius 1 is 0.630 bits per heavy atom. The molecule has 2 nitrogen and oxygen atoms in total. The summed E-state index contributed by atoms with van der Waals surface area (Å²) in [6, 6.07) is 36.1. The molecule has 0 N–H and O–H groups in total. The summed E-state index contributed by atoms with van der Waals surface area (Å²) in [5, 5.41) is 3.84. The van der Waals surface area contributed by atoms with E-state index >= 15 is 0 Å². The van der Waals surface area contributed by atoms with Crippen molar-refractivity contribution in [3.63, 3.8) is 0 Å². The summed E-state index contributed by atoms with van der Waals surface area (Å²) in [7, 11) is -0.436. The second-order valence-corrected chi connectivity index (χ2v) is 9.58. The molecule has 3 aromatic carbocycles. The molecule has 0 aliphatic carbocycles. The standard InChI is InChI=1S/C24H21NOP/c1-26-20-17-18-25-24(19-20)27(21-11-5-2-6-12-21,22-13-7-3-8-14-22)23-15-9-4-10-16-23/h2-19H,1H3/q+1. The predicted molar refractivity (Wildman–Crippen MR) is 116 cm³/mol. The molecule has 4 aromatic rings. The first-order valence-corrected chi connectivity index (χ1v) is 10.7. The number of nitrogens with zero attached hydrogens (tertiary/aromatic N) is 1. The molecule has 0 unspecified atom stereocenters. The van der Waals surface area contributed by atoms with Crippen LogP contribution in [-0.2, 0) is 0 Å². The lowest BCUT2D eigenvalue weighted by atomic mass is 10.4. The second-order valence-electron chi connectivity index (χ2n) is 6.23. The highest BCUT2D eigenvalue weighted by molar-refractivity contribution is 8.01. The third kappa shape index (κ3) is 3.13. The van der Waals surface area contributed by atoms with Crippen LogP contribution in [0.2, 0.25) is 0 Å². The van der Waals surface area contributed by atoms with Gasteiger partial charge in [-0.1, -0.05) is 54.6 Å². The zero-order valence-corrected chi connectivity index (χ0v) is 16.1. The quantitative estimate of drug-likeness (QED) is 0.500. The molecule has 0 spiro atoms. The average molecular weight is 370 g/mol. The molecule has 0 atom stereocenters. The molecule has 0 saturated heterocycles. The van der Waals surface area contributed by atoms with Gasteiger partial charge in [0, 0.05) is 12.3 Å². The molecule has 0 fully saturated rings. The minimum Gasteiger partial charge on any atom is -0.496 e. The van der Waals surface area contributed by atoms with Gasteiger partial charge in [-0.25, -0.2) is 4.98 Å². The molecule has 0 radical (unpaired) electrons. The Morgan fingerprint density at radius 2 is 1.07 bits per heavy atom. The summed E-state index contributed by atoms with van der Waals surface area (Å²) in [6.45, 7) is 0. The molecule has 3 heteroatoms.